The minimum absolute atomic E-state index is 0.161. The van der Waals surface area contributed by atoms with Crippen molar-refractivity contribution >= 4 is 0 Å². The molecule has 0 amide bonds. The van der Waals surface area contributed by atoms with Crippen molar-refractivity contribution in [1.82, 2.24) is 14.9 Å². The van der Waals surface area contributed by atoms with Crippen LogP contribution in [0.15, 0.2) is 41.5 Å². The highest BCUT2D eigenvalue weighted by molar-refractivity contribution is 5.58. The first-order chi connectivity index (χ1) is 11.6. The monoisotopic (exact) mass is 329 g/mol. The van der Waals surface area contributed by atoms with Crippen LogP contribution in [0.3, 0.4) is 0 Å². The Hall–Kier alpha value is -2.05. The van der Waals surface area contributed by atoms with Gasteiger partial charge in [0.25, 0.3) is 5.56 Å². The van der Waals surface area contributed by atoms with Gasteiger partial charge in [-0.3, -0.25) is 9.36 Å². The zero-order chi connectivity index (χ0) is 16.7. The lowest BCUT2D eigenvalue weighted by Gasteiger charge is -2.40. The molecule has 1 aromatic heterocycles. The largest absolute Gasteiger partial charge is 0.387 e. The van der Waals surface area contributed by atoms with Crippen LogP contribution in [0.25, 0.3) is 11.3 Å². The Labute approximate surface area is 139 Å². The number of hydrogen-bond acceptors (Lipinski definition) is 4. The van der Waals surface area contributed by atoms with Crippen LogP contribution >= 0.6 is 0 Å². The van der Waals surface area contributed by atoms with Gasteiger partial charge in [-0.15, -0.1) is 0 Å². The summed E-state index contributed by atoms with van der Waals surface area (Å²) in [5.41, 5.74) is -0.511. The van der Waals surface area contributed by atoms with Crippen LogP contribution in [0.4, 0.5) is 4.39 Å². The van der Waals surface area contributed by atoms with Crippen molar-refractivity contribution in [3.63, 3.8) is 0 Å². The van der Waals surface area contributed by atoms with Gasteiger partial charge in [0.15, 0.2) is 0 Å². The third kappa shape index (κ3) is 2.46. The molecule has 1 saturated carbocycles. The summed E-state index contributed by atoms with van der Waals surface area (Å²) in [6.45, 7) is 1.80. The Morgan fingerprint density at radius 2 is 2.00 bits per heavy atom. The molecule has 6 heteroatoms. The molecule has 1 aromatic carbocycles. The summed E-state index contributed by atoms with van der Waals surface area (Å²) in [7, 11) is 0. The summed E-state index contributed by atoms with van der Waals surface area (Å²) in [6, 6.07) is 7.59. The van der Waals surface area contributed by atoms with Crippen molar-refractivity contribution in [3.8, 4) is 11.3 Å². The molecule has 5 nitrogen and oxygen atoms in total. The highest BCUT2D eigenvalue weighted by Crippen LogP contribution is 2.43. The van der Waals surface area contributed by atoms with Gasteiger partial charge in [0.1, 0.15) is 5.82 Å². The second-order valence-electron chi connectivity index (χ2n) is 6.84. The SMILES string of the molecule is O=c1cc(-c2ccccc2F)ncn1CC1(O)[C@@H]2CC[C@H]1CNC2. The Morgan fingerprint density at radius 1 is 1.29 bits per heavy atom. The van der Waals surface area contributed by atoms with Crippen molar-refractivity contribution in [1.29, 1.82) is 0 Å². The lowest BCUT2D eigenvalue weighted by molar-refractivity contribution is -0.0655. The first-order valence-electron chi connectivity index (χ1n) is 8.32. The molecule has 1 aliphatic carbocycles. The molecule has 1 aliphatic heterocycles. The van der Waals surface area contributed by atoms with Crippen molar-refractivity contribution in [2.24, 2.45) is 11.8 Å². The van der Waals surface area contributed by atoms with Crippen molar-refractivity contribution in [3.05, 3.63) is 52.8 Å². The van der Waals surface area contributed by atoms with E-state index < -0.39 is 11.4 Å². The Balaban J connectivity index is 1.64. The fourth-order valence-electron chi connectivity index (χ4n) is 4.12. The van der Waals surface area contributed by atoms with E-state index >= 15 is 0 Å². The van der Waals surface area contributed by atoms with E-state index in [9.17, 15) is 14.3 Å². The van der Waals surface area contributed by atoms with E-state index in [0.29, 0.717) is 11.3 Å². The lowest BCUT2D eigenvalue weighted by Crippen LogP contribution is -2.55. The highest BCUT2D eigenvalue weighted by atomic mass is 19.1. The van der Waals surface area contributed by atoms with Crippen LogP contribution in [0.5, 0.6) is 0 Å². The quantitative estimate of drug-likeness (QED) is 0.893. The van der Waals surface area contributed by atoms with Crippen LogP contribution in [0.2, 0.25) is 0 Å². The topological polar surface area (TPSA) is 67.2 Å². The minimum Gasteiger partial charge on any atom is -0.387 e. The molecule has 2 aromatic rings. The summed E-state index contributed by atoms with van der Waals surface area (Å²) in [5, 5.41) is 14.4. The first kappa shape index (κ1) is 15.5. The van der Waals surface area contributed by atoms with Gasteiger partial charge >= 0.3 is 0 Å². The third-order valence-corrected chi connectivity index (χ3v) is 5.51. The van der Waals surface area contributed by atoms with Gasteiger partial charge in [-0.2, -0.15) is 0 Å². The molecule has 24 heavy (non-hydrogen) atoms. The number of fused-ring (bicyclic) bond motifs is 2. The van der Waals surface area contributed by atoms with Crippen LogP contribution in [-0.2, 0) is 6.54 Å². The highest BCUT2D eigenvalue weighted by Gasteiger charge is 2.51. The van der Waals surface area contributed by atoms with Crippen molar-refractivity contribution < 1.29 is 9.50 Å². The second-order valence-corrected chi connectivity index (χ2v) is 6.84. The Morgan fingerprint density at radius 3 is 2.67 bits per heavy atom. The molecule has 2 aliphatic rings. The number of nitrogens with zero attached hydrogens (tertiary/aromatic N) is 2. The molecule has 2 bridgehead atoms. The standard InChI is InChI=1S/C18H20FN3O2/c19-15-4-2-1-3-14(15)16-7-17(23)22(11-21-16)10-18(24)12-5-6-13(18)9-20-8-12/h1-4,7,11-13,20,24H,5-6,8-10H2/t12-,13+,18?. The molecule has 2 heterocycles. The van der Waals surface area contributed by atoms with Gasteiger partial charge in [-0.05, 0) is 25.0 Å². The number of halogens is 1. The van der Waals surface area contributed by atoms with Gasteiger partial charge < -0.3 is 10.4 Å². The smallest absolute Gasteiger partial charge is 0.253 e. The molecule has 3 atom stereocenters. The van der Waals surface area contributed by atoms with Gasteiger partial charge in [0.2, 0.25) is 0 Å². The van der Waals surface area contributed by atoms with Crippen LogP contribution < -0.4 is 10.9 Å². The molecule has 4 rings (SSSR count). The molecule has 2 N–H and O–H groups in total. The van der Waals surface area contributed by atoms with Crippen molar-refractivity contribution in [2.45, 2.75) is 25.0 Å². The van der Waals surface area contributed by atoms with E-state index in [1.54, 1.807) is 18.2 Å². The normalized spacial score (nSPS) is 28.9. The molecule has 1 unspecified atom stereocenters. The molecular weight excluding hydrogens is 309 g/mol. The maximum atomic E-state index is 13.9. The summed E-state index contributed by atoms with van der Waals surface area (Å²) in [4.78, 5) is 16.7. The molecular formula is C18H20FN3O2. The summed E-state index contributed by atoms with van der Waals surface area (Å²) < 4.78 is 15.3. The van der Waals surface area contributed by atoms with Gasteiger partial charge in [-0.1, -0.05) is 12.1 Å². The minimum atomic E-state index is -0.865. The molecule has 0 radical (unpaired) electrons. The summed E-state index contributed by atoms with van der Waals surface area (Å²) in [6.07, 6.45) is 3.37. The Kier molecular flexibility index (Phi) is 3.73. The third-order valence-electron chi connectivity index (χ3n) is 5.51. The van der Waals surface area contributed by atoms with Gasteiger partial charge in [0, 0.05) is 36.6 Å². The number of aliphatic hydroxyl groups is 1. The average molecular weight is 329 g/mol. The van der Waals surface area contributed by atoms with E-state index in [0.717, 1.165) is 25.9 Å². The van der Waals surface area contributed by atoms with E-state index in [-0.39, 0.29) is 23.9 Å². The molecule has 126 valence electrons. The first-order valence-corrected chi connectivity index (χ1v) is 8.32. The fraction of sp³-hybridized carbons (Fsp3) is 0.444. The van der Waals surface area contributed by atoms with E-state index in [1.807, 2.05) is 0 Å². The van der Waals surface area contributed by atoms with E-state index in [2.05, 4.69) is 10.3 Å². The zero-order valence-electron chi connectivity index (χ0n) is 13.3. The number of piperidine rings is 1. The molecule has 1 saturated heterocycles. The number of aromatic nitrogens is 2. The summed E-state index contributed by atoms with van der Waals surface area (Å²) in [5.74, 6) is -0.0824. The number of benzene rings is 1. The van der Waals surface area contributed by atoms with Crippen LogP contribution in [0, 0.1) is 17.7 Å². The van der Waals surface area contributed by atoms with Crippen molar-refractivity contribution in [2.75, 3.05) is 13.1 Å². The maximum absolute atomic E-state index is 13.9. The number of hydrogen-bond donors (Lipinski definition) is 2. The predicted octanol–water partition coefficient (Wildman–Crippen LogP) is 1.41. The van der Waals surface area contributed by atoms with Gasteiger partial charge in [-0.25, -0.2) is 9.37 Å². The van der Waals surface area contributed by atoms with Crippen LogP contribution in [0.1, 0.15) is 12.8 Å². The lowest BCUT2D eigenvalue weighted by atomic mass is 9.81. The molecule has 2 fully saturated rings. The molecule has 0 spiro atoms. The van der Waals surface area contributed by atoms with E-state index in [4.69, 9.17) is 0 Å². The van der Waals surface area contributed by atoms with Crippen LogP contribution in [-0.4, -0.2) is 33.3 Å². The Bertz CT molecular complexity index is 804. The second kappa shape index (κ2) is 5.79. The number of rotatable bonds is 3. The maximum Gasteiger partial charge on any atom is 0.253 e. The zero-order valence-corrected chi connectivity index (χ0v) is 13.3. The van der Waals surface area contributed by atoms with E-state index in [1.165, 1.54) is 23.0 Å². The fourth-order valence-corrected chi connectivity index (χ4v) is 4.12. The summed E-state index contributed by atoms with van der Waals surface area (Å²) >= 11 is 0. The van der Waals surface area contributed by atoms with Gasteiger partial charge in [0.05, 0.1) is 24.2 Å². The number of nitrogens with one attached hydrogen (secondary N) is 1. The average Bonchev–Trinajstić information content (AvgIpc) is 2.76. The predicted molar refractivity (Wildman–Crippen MR) is 87.9 cm³/mol.